The van der Waals surface area contributed by atoms with Gasteiger partial charge in [0, 0.05) is 32.6 Å². The molecule has 0 aliphatic rings. The van der Waals surface area contributed by atoms with Crippen LogP contribution in [-0.4, -0.2) is 4.98 Å². The lowest BCUT2D eigenvalue weighted by atomic mass is 9.98. The SMILES string of the molecule is c1ccc(-c2cc3oc4ccccc4c3c3c2[nH]c2ccccc23)cc1. The summed E-state index contributed by atoms with van der Waals surface area (Å²) in [6.45, 7) is 0. The number of rotatable bonds is 1. The first-order chi connectivity index (χ1) is 12.9. The summed E-state index contributed by atoms with van der Waals surface area (Å²) < 4.78 is 6.23. The van der Waals surface area contributed by atoms with Crippen LogP contribution in [0.1, 0.15) is 0 Å². The minimum absolute atomic E-state index is 0.930. The quantitative estimate of drug-likeness (QED) is 0.349. The van der Waals surface area contributed by atoms with Crippen LogP contribution in [0, 0.1) is 0 Å². The Hall–Kier alpha value is -3.52. The molecule has 0 spiro atoms. The Kier molecular flexibility index (Phi) is 2.64. The minimum atomic E-state index is 0.930. The van der Waals surface area contributed by atoms with Crippen molar-refractivity contribution in [3.05, 3.63) is 84.9 Å². The molecule has 2 heteroatoms. The number of para-hydroxylation sites is 2. The van der Waals surface area contributed by atoms with Crippen LogP contribution in [-0.2, 0) is 0 Å². The third kappa shape index (κ3) is 1.76. The molecular weight excluding hydrogens is 318 g/mol. The van der Waals surface area contributed by atoms with Crippen LogP contribution in [0.4, 0.5) is 0 Å². The highest BCUT2D eigenvalue weighted by Crippen LogP contribution is 2.42. The van der Waals surface area contributed by atoms with Crippen LogP contribution in [0.5, 0.6) is 0 Å². The molecule has 0 bridgehead atoms. The predicted octanol–water partition coefficient (Wildman–Crippen LogP) is 6.89. The Morgan fingerprint density at radius 3 is 2.23 bits per heavy atom. The van der Waals surface area contributed by atoms with Crippen LogP contribution in [0.15, 0.2) is 89.3 Å². The van der Waals surface area contributed by atoms with Gasteiger partial charge in [-0.2, -0.15) is 0 Å². The molecule has 0 saturated carbocycles. The summed E-state index contributed by atoms with van der Waals surface area (Å²) in [7, 11) is 0. The highest BCUT2D eigenvalue weighted by Gasteiger charge is 2.18. The Morgan fingerprint density at radius 2 is 1.35 bits per heavy atom. The van der Waals surface area contributed by atoms with Gasteiger partial charge in [-0.1, -0.05) is 66.7 Å². The van der Waals surface area contributed by atoms with Crippen LogP contribution in [0.25, 0.3) is 54.9 Å². The zero-order valence-electron chi connectivity index (χ0n) is 14.0. The van der Waals surface area contributed by atoms with Gasteiger partial charge in [0.15, 0.2) is 0 Å². The first kappa shape index (κ1) is 13.7. The number of fused-ring (bicyclic) bond motifs is 7. The van der Waals surface area contributed by atoms with Gasteiger partial charge in [0.05, 0.1) is 5.52 Å². The number of aromatic amines is 1. The van der Waals surface area contributed by atoms with Gasteiger partial charge in [0.2, 0.25) is 0 Å². The zero-order chi connectivity index (χ0) is 17.1. The van der Waals surface area contributed by atoms with Crippen LogP contribution < -0.4 is 0 Å². The van der Waals surface area contributed by atoms with Gasteiger partial charge in [-0.25, -0.2) is 0 Å². The molecule has 2 heterocycles. The van der Waals surface area contributed by atoms with Crippen molar-refractivity contribution in [2.45, 2.75) is 0 Å². The fourth-order valence-corrected chi connectivity index (χ4v) is 4.08. The van der Waals surface area contributed by atoms with Gasteiger partial charge in [-0.15, -0.1) is 0 Å². The maximum Gasteiger partial charge on any atom is 0.136 e. The van der Waals surface area contributed by atoms with Gasteiger partial charge < -0.3 is 9.40 Å². The van der Waals surface area contributed by atoms with Crippen LogP contribution >= 0.6 is 0 Å². The molecule has 6 aromatic rings. The monoisotopic (exact) mass is 333 g/mol. The summed E-state index contributed by atoms with van der Waals surface area (Å²) in [6.07, 6.45) is 0. The predicted molar refractivity (Wildman–Crippen MR) is 109 cm³/mol. The van der Waals surface area contributed by atoms with Crippen molar-refractivity contribution in [1.82, 2.24) is 4.98 Å². The van der Waals surface area contributed by atoms with Crippen molar-refractivity contribution in [2.75, 3.05) is 0 Å². The fourth-order valence-electron chi connectivity index (χ4n) is 4.08. The van der Waals surface area contributed by atoms with E-state index in [1.807, 2.05) is 18.2 Å². The molecule has 0 saturated heterocycles. The minimum Gasteiger partial charge on any atom is -0.456 e. The summed E-state index contributed by atoms with van der Waals surface area (Å²) >= 11 is 0. The van der Waals surface area contributed by atoms with E-state index in [-0.39, 0.29) is 0 Å². The number of benzene rings is 4. The first-order valence-electron chi connectivity index (χ1n) is 8.80. The normalized spacial score (nSPS) is 11.8. The van der Waals surface area contributed by atoms with Crippen LogP contribution in [0.2, 0.25) is 0 Å². The smallest absolute Gasteiger partial charge is 0.136 e. The first-order valence-corrected chi connectivity index (χ1v) is 8.80. The maximum atomic E-state index is 6.23. The second-order valence-electron chi connectivity index (χ2n) is 6.68. The highest BCUT2D eigenvalue weighted by atomic mass is 16.3. The molecule has 1 N–H and O–H groups in total. The molecule has 26 heavy (non-hydrogen) atoms. The van der Waals surface area contributed by atoms with Crippen molar-refractivity contribution >= 4 is 43.7 Å². The molecule has 0 amide bonds. The summed E-state index contributed by atoms with van der Waals surface area (Å²) in [5, 5.41) is 4.82. The van der Waals surface area contributed by atoms with E-state index in [9.17, 15) is 0 Å². The fraction of sp³-hybridized carbons (Fsp3) is 0. The molecular formula is C24H15NO. The lowest BCUT2D eigenvalue weighted by molar-refractivity contribution is 0.669. The Balaban J connectivity index is 1.92. The van der Waals surface area contributed by atoms with E-state index in [1.54, 1.807) is 0 Å². The maximum absolute atomic E-state index is 6.23. The highest BCUT2D eigenvalue weighted by molar-refractivity contribution is 6.29. The third-order valence-corrected chi connectivity index (χ3v) is 5.21. The van der Waals surface area contributed by atoms with E-state index in [2.05, 4.69) is 71.7 Å². The molecule has 0 radical (unpaired) electrons. The topological polar surface area (TPSA) is 28.9 Å². The summed E-state index contributed by atoms with van der Waals surface area (Å²) in [5.74, 6) is 0. The van der Waals surface area contributed by atoms with E-state index in [0.717, 1.165) is 27.6 Å². The lowest BCUT2D eigenvalue weighted by Gasteiger charge is -2.05. The second kappa shape index (κ2) is 4.99. The number of hydrogen-bond donors (Lipinski definition) is 1. The Bertz CT molecular complexity index is 1420. The molecule has 122 valence electrons. The molecule has 0 atom stereocenters. The van der Waals surface area contributed by atoms with Gasteiger partial charge in [-0.05, 0) is 23.8 Å². The van der Waals surface area contributed by atoms with Crippen molar-refractivity contribution < 1.29 is 4.42 Å². The molecule has 4 aromatic carbocycles. The van der Waals surface area contributed by atoms with Crippen molar-refractivity contribution in [1.29, 1.82) is 0 Å². The zero-order valence-corrected chi connectivity index (χ0v) is 14.0. The van der Waals surface area contributed by atoms with Gasteiger partial charge in [0.1, 0.15) is 11.2 Å². The van der Waals surface area contributed by atoms with Crippen LogP contribution in [0.3, 0.4) is 0 Å². The summed E-state index contributed by atoms with van der Waals surface area (Å²) in [6, 6.07) is 29.4. The molecule has 0 aliphatic carbocycles. The number of aromatic nitrogens is 1. The Labute approximate surface area is 149 Å². The molecule has 2 aromatic heterocycles. The Morgan fingerprint density at radius 1 is 0.615 bits per heavy atom. The van der Waals surface area contributed by atoms with E-state index in [1.165, 1.54) is 27.3 Å². The average molecular weight is 333 g/mol. The number of nitrogens with one attached hydrogen (secondary N) is 1. The van der Waals surface area contributed by atoms with Crippen molar-refractivity contribution in [2.24, 2.45) is 0 Å². The summed E-state index contributed by atoms with van der Waals surface area (Å²) in [5.41, 5.74) is 6.53. The third-order valence-electron chi connectivity index (χ3n) is 5.21. The largest absolute Gasteiger partial charge is 0.456 e. The molecule has 0 aliphatic heterocycles. The molecule has 6 rings (SSSR count). The number of hydrogen-bond acceptors (Lipinski definition) is 1. The van der Waals surface area contributed by atoms with Gasteiger partial charge >= 0.3 is 0 Å². The average Bonchev–Trinajstić information content (AvgIpc) is 3.26. The van der Waals surface area contributed by atoms with Crippen molar-refractivity contribution in [3.8, 4) is 11.1 Å². The number of furan rings is 1. The summed E-state index contributed by atoms with van der Waals surface area (Å²) in [4.78, 5) is 3.65. The number of H-pyrrole nitrogens is 1. The van der Waals surface area contributed by atoms with E-state index in [0.29, 0.717) is 0 Å². The molecule has 2 nitrogen and oxygen atoms in total. The van der Waals surface area contributed by atoms with E-state index in [4.69, 9.17) is 4.42 Å². The van der Waals surface area contributed by atoms with Gasteiger partial charge in [0.25, 0.3) is 0 Å². The lowest BCUT2D eigenvalue weighted by Crippen LogP contribution is -1.81. The van der Waals surface area contributed by atoms with Gasteiger partial charge in [-0.3, -0.25) is 0 Å². The second-order valence-corrected chi connectivity index (χ2v) is 6.68. The molecule has 0 fully saturated rings. The van der Waals surface area contributed by atoms with E-state index >= 15 is 0 Å². The van der Waals surface area contributed by atoms with Crippen molar-refractivity contribution in [3.63, 3.8) is 0 Å². The standard InChI is InChI=1S/C24H15NO/c1-2-8-15(9-3-1)18-14-21-22(17-11-5-7-13-20(17)26-21)23-16-10-4-6-12-19(16)25-24(18)23/h1-14,25H. The van der Waals surface area contributed by atoms with E-state index < -0.39 is 0 Å². The molecule has 0 unspecified atom stereocenters.